The minimum atomic E-state index is 0.670. The van der Waals surface area contributed by atoms with Crippen molar-refractivity contribution in [3.05, 3.63) is 0 Å². The van der Waals surface area contributed by atoms with E-state index < -0.39 is 0 Å². The maximum atomic E-state index is 5.00. The van der Waals surface area contributed by atoms with Crippen molar-refractivity contribution < 1.29 is 4.84 Å². The Morgan fingerprint density at radius 2 is 2.70 bits per heavy atom. The molecule has 0 saturated carbocycles. The average molecular weight is 142 g/mol. The van der Waals surface area contributed by atoms with Crippen LogP contribution in [0.25, 0.3) is 0 Å². The largest absolute Gasteiger partial charge is 0.396 e. The van der Waals surface area contributed by atoms with Crippen molar-refractivity contribution in [2.24, 2.45) is 11.1 Å². The van der Waals surface area contributed by atoms with Gasteiger partial charge in [-0.3, -0.25) is 0 Å². The van der Waals surface area contributed by atoms with E-state index >= 15 is 0 Å². The number of rotatable bonds is 3. The highest BCUT2D eigenvalue weighted by atomic mass is 16.6. The highest BCUT2D eigenvalue weighted by Crippen LogP contribution is 2.06. The average Bonchev–Trinajstić information content (AvgIpc) is 2.41. The Balaban J connectivity index is 2.01. The summed E-state index contributed by atoms with van der Waals surface area (Å²) in [5.41, 5.74) is 0. The third kappa shape index (κ3) is 2.35. The normalized spacial score (nSPS) is 25.9. The molecule has 10 heavy (non-hydrogen) atoms. The van der Waals surface area contributed by atoms with Crippen LogP contribution in [-0.2, 0) is 4.84 Å². The zero-order valence-corrected chi connectivity index (χ0v) is 6.34. The molecule has 3 nitrogen and oxygen atoms in total. The first kappa shape index (κ1) is 7.54. The molecule has 58 valence electrons. The minimum Gasteiger partial charge on any atom is -0.396 e. The Morgan fingerprint density at radius 3 is 3.30 bits per heavy atom. The van der Waals surface area contributed by atoms with Gasteiger partial charge in [-0.1, -0.05) is 5.16 Å². The Hall–Kier alpha value is -0.570. The summed E-state index contributed by atoms with van der Waals surface area (Å²) in [5, 5.41) is 6.95. The van der Waals surface area contributed by atoms with Gasteiger partial charge >= 0.3 is 0 Å². The summed E-state index contributed by atoms with van der Waals surface area (Å²) in [7, 11) is 0. The fourth-order valence-corrected chi connectivity index (χ4v) is 1.08. The van der Waals surface area contributed by atoms with Crippen LogP contribution in [0.5, 0.6) is 0 Å². The van der Waals surface area contributed by atoms with Gasteiger partial charge < -0.3 is 10.2 Å². The van der Waals surface area contributed by atoms with E-state index in [0.29, 0.717) is 5.92 Å². The summed E-state index contributed by atoms with van der Waals surface area (Å²) in [6.07, 6.45) is 2.89. The number of hydrogen-bond donors (Lipinski definition) is 1. The second kappa shape index (κ2) is 4.28. The van der Waals surface area contributed by atoms with Gasteiger partial charge in [-0.2, -0.15) is 0 Å². The molecule has 0 amide bonds. The van der Waals surface area contributed by atoms with Gasteiger partial charge in [0, 0.05) is 18.7 Å². The van der Waals surface area contributed by atoms with Crippen LogP contribution in [0.1, 0.15) is 13.3 Å². The van der Waals surface area contributed by atoms with Crippen molar-refractivity contribution in [3.8, 4) is 0 Å². The molecular weight excluding hydrogens is 128 g/mol. The first-order chi connectivity index (χ1) is 4.93. The Labute approximate surface area is 61.4 Å². The Kier molecular flexibility index (Phi) is 3.22. The summed E-state index contributed by atoms with van der Waals surface area (Å²) >= 11 is 0. The van der Waals surface area contributed by atoms with Crippen molar-refractivity contribution in [2.75, 3.05) is 19.7 Å². The molecule has 1 rings (SSSR count). The van der Waals surface area contributed by atoms with Crippen LogP contribution in [0.3, 0.4) is 0 Å². The highest BCUT2D eigenvalue weighted by molar-refractivity contribution is 5.52. The van der Waals surface area contributed by atoms with Gasteiger partial charge in [0.05, 0.1) is 0 Å². The molecule has 1 N–H and O–H groups in total. The van der Waals surface area contributed by atoms with E-state index in [-0.39, 0.29) is 0 Å². The van der Waals surface area contributed by atoms with Gasteiger partial charge in [0.25, 0.3) is 0 Å². The second-order valence-corrected chi connectivity index (χ2v) is 2.52. The third-order valence-corrected chi connectivity index (χ3v) is 1.65. The fraction of sp³-hybridized carbons (Fsp3) is 0.857. The second-order valence-electron chi connectivity index (χ2n) is 2.52. The molecule has 0 aromatic rings. The van der Waals surface area contributed by atoms with E-state index in [9.17, 15) is 0 Å². The van der Waals surface area contributed by atoms with Crippen molar-refractivity contribution in [2.45, 2.75) is 13.3 Å². The lowest BCUT2D eigenvalue weighted by Gasteiger charge is -2.04. The minimum absolute atomic E-state index is 0.670. The van der Waals surface area contributed by atoms with Crippen LogP contribution in [0, 0.1) is 5.92 Å². The van der Waals surface area contributed by atoms with Gasteiger partial charge in [0.2, 0.25) is 0 Å². The number of hydrogen-bond acceptors (Lipinski definition) is 3. The van der Waals surface area contributed by atoms with Crippen LogP contribution in [0.2, 0.25) is 0 Å². The highest BCUT2D eigenvalue weighted by Gasteiger charge is 2.14. The zero-order chi connectivity index (χ0) is 7.23. The van der Waals surface area contributed by atoms with Gasteiger partial charge in [0.1, 0.15) is 6.61 Å². The van der Waals surface area contributed by atoms with Crippen molar-refractivity contribution in [3.63, 3.8) is 0 Å². The van der Waals surface area contributed by atoms with Gasteiger partial charge in [0.15, 0.2) is 0 Å². The molecule has 1 saturated heterocycles. The molecule has 1 heterocycles. The lowest BCUT2D eigenvalue weighted by molar-refractivity contribution is 0.114. The number of nitrogens with one attached hydrogen (secondary N) is 1. The monoisotopic (exact) mass is 142 g/mol. The smallest absolute Gasteiger partial charge is 0.121 e. The standard InChI is InChI=1S/C7H14N2O/c1-2-9-10-6-7-3-4-8-5-7/h2,7-8H,3-6H2,1H3/b9-2+. The predicted octanol–water partition coefficient (Wildman–Crippen LogP) is 0.618. The lowest BCUT2D eigenvalue weighted by atomic mass is 10.1. The van der Waals surface area contributed by atoms with E-state index in [1.54, 1.807) is 6.21 Å². The van der Waals surface area contributed by atoms with Crippen molar-refractivity contribution in [1.82, 2.24) is 5.32 Å². The molecule has 1 atom stereocenters. The van der Waals surface area contributed by atoms with Crippen molar-refractivity contribution >= 4 is 6.21 Å². The molecule has 3 heteroatoms. The van der Waals surface area contributed by atoms with Gasteiger partial charge in [-0.05, 0) is 19.9 Å². The van der Waals surface area contributed by atoms with Crippen LogP contribution in [0.4, 0.5) is 0 Å². The first-order valence-electron chi connectivity index (χ1n) is 3.74. The van der Waals surface area contributed by atoms with Crippen LogP contribution in [0.15, 0.2) is 5.16 Å². The van der Waals surface area contributed by atoms with Gasteiger partial charge in [-0.25, -0.2) is 0 Å². The van der Waals surface area contributed by atoms with Crippen LogP contribution < -0.4 is 5.32 Å². The van der Waals surface area contributed by atoms with Crippen molar-refractivity contribution in [1.29, 1.82) is 0 Å². The number of nitrogens with zero attached hydrogens (tertiary/aromatic N) is 1. The summed E-state index contributed by atoms with van der Waals surface area (Å²) in [6.45, 7) is 4.83. The molecule has 1 aliphatic rings. The maximum absolute atomic E-state index is 5.00. The summed E-state index contributed by atoms with van der Waals surface area (Å²) in [6, 6.07) is 0. The molecule has 1 fully saturated rings. The van der Waals surface area contributed by atoms with E-state index in [4.69, 9.17) is 4.84 Å². The SMILES string of the molecule is C/C=N/OCC1CCNC1. The van der Waals surface area contributed by atoms with Gasteiger partial charge in [-0.15, -0.1) is 0 Å². The molecule has 0 aromatic carbocycles. The molecular formula is C7H14N2O. The van der Waals surface area contributed by atoms with E-state index in [0.717, 1.165) is 19.7 Å². The quantitative estimate of drug-likeness (QED) is 0.463. The molecule has 0 aliphatic carbocycles. The predicted molar refractivity (Wildman–Crippen MR) is 41.1 cm³/mol. The molecule has 0 bridgehead atoms. The van der Waals surface area contributed by atoms with Crippen LogP contribution in [-0.4, -0.2) is 25.9 Å². The van der Waals surface area contributed by atoms with E-state index in [2.05, 4.69) is 10.5 Å². The summed E-state index contributed by atoms with van der Waals surface area (Å²) in [5.74, 6) is 0.670. The first-order valence-corrected chi connectivity index (χ1v) is 3.74. The zero-order valence-electron chi connectivity index (χ0n) is 6.34. The fourth-order valence-electron chi connectivity index (χ4n) is 1.08. The lowest BCUT2D eigenvalue weighted by Crippen LogP contribution is -2.12. The molecule has 1 aliphatic heterocycles. The molecule has 0 spiro atoms. The number of oxime groups is 1. The van der Waals surface area contributed by atoms with E-state index in [1.165, 1.54) is 6.42 Å². The summed E-state index contributed by atoms with van der Waals surface area (Å²) in [4.78, 5) is 5.00. The molecule has 0 radical (unpaired) electrons. The topological polar surface area (TPSA) is 33.6 Å². The summed E-state index contributed by atoms with van der Waals surface area (Å²) < 4.78 is 0. The maximum Gasteiger partial charge on any atom is 0.121 e. The van der Waals surface area contributed by atoms with Crippen LogP contribution >= 0.6 is 0 Å². The Morgan fingerprint density at radius 1 is 1.80 bits per heavy atom. The Bertz CT molecular complexity index is 108. The van der Waals surface area contributed by atoms with E-state index in [1.807, 2.05) is 6.92 Å². The molecule has 0 aromatic heterocycles. The molecule has 1 unspecified atom stereocenters. The third-order valence-electron chi connectivity index (χ3n) is 1.65.